The quantitative estimate of drug-likeness (QED) is 0.845. The number of fused-ring (bicyclic) bond motifs is 1. The van der Waals surface area contributed by atoms with E-state index in [1.165, 1.54) is 0 Å². The number of aromatic amines is 1. The number of H-pyrrole nitrogens is 1. The van der Waals surface area contributed by atoms with E-state index < -0.39 is 0 Å². The van der Waals surface area contributed by atoms with Crippen LogP contribution in [0.3, 0.4) is 0 Å². The molecule has 1 aliphatic heterocycles. The van der Waals surface area contributed by atoms with Gasteiger partial charge in [0.1, 0.15) is 5.82 Å². The summed E-state index contributed by atoms with van der Waals surface area (Å²) in [7, 11) is 0. The van der Waals surface area contributed by atoms with Gasteiger partial charge >= 0.3 is 0 Å². The molecule has 150 valence electrons. The molecule has 2 aromatic rings. The second-order valence-electron chi connectivity index (χ2n) is 7.89. The first-order valence-corrected chi connectivity index (χ1v) is 10.2. The Balaban J connectivity index is 1.34. The van der Waals surface area contributed by atoms with Gasteiger partial charge in [0.05, 0.1) is 24.1 Å². The Kier molecular flexibility index (Phi) is 5.62. The number of hydrogen-bond acceptors (Lipinski definition) is 5. The standard InChI is InChI=1S/C21H28N4O3/c1-14-23-18-4-2-3-17(19(18)20(26)24-14)22-13-15-5-7-16(8-6-15)21(27)25-9-11-28-12-10-25/h2-4,15-16,22H,5-13H2,1H3,(H,23,24,26). The van der Waals surface area contributed by atoms with Crippen LogP contribution in [0, 0.1) is 18.8 Å². The van der Waals surface area contributed by atoms with Crippen molar-refractivity contribution in [2.45, 2.75) is 32.6 Å². The number of nitrogens with one attached hydrogen (secondary N) is 2. The predicted octanol–water partition coefficient (Wildman–Crippen LogP) is 2.31. The van der Waals surface area contributed by atoms with Crippen molar-refractivity contribution < 1.29 is 9.53 Å². The number of amides is 1. The lowest BCUT2D eigenvalue weighted by Crippen LogP contribution is -2.44. The number of benzene rings is 1. The van der Waals surface area contributed by atoms with E-state index in [9.17, 15) is 9.59 Å². The third kappa shape index (κ3) is 4.04. The number of aryl methyl sites for hydroxylation is 1. The Hall–Kier alpha value is -2.41. The van der Waals surface area contributed by atoms with E-state index in [1.807, 2.05) is 23.1 Å². The molecule has 0 spiro atoms. The molecule has 7 nitrogen and oxygen atoms in total. The molecule has 1 aromatic heterocycles. The van der Waals surface area contributed by atoms with Gasteiger partial charge in [0.25, 0.3) is 5.56 Å². The lowest BCUT2D eigenvalue weighted by Gasteiger charge is -2.34. The molecule has 1 saturated heterocycles. The fraction of sp³-hybridized carbons (Fsp3) is 0.571. The number of carbonyl (C=O) groups is 1. The lowest BCUT2D eigenvalue weighted by atomic mass is 9.81. The molecule has 28 heavy (non-hydrogen) atoms. The summed E-state index contributed by atoms with van der Waals surface area (Å²) in [6, 6.07) is 5.72. The monoisotopic (exact) mass is 384 g/mol. The van der Waals surface area contributed by atoms with E-state index in [0.717, 1.165) is 51.0 Å². The highest BCUT2D eigenvalue weighted by Gasteiger charge is 2.30. The first-order valence-electron chi connectivity index (χ1n) is 10.2. The second-order valence-corrected chi connectivity index (χ2v) is 7.89. The fourth-order valence-corrected chi connectivity index (χ4v) is 4.36. The summed E-state index contributed by atoms with van der Waals surface area (Å²) in [6.45, 7) is 5.36. The van der Waals surface area contributed by atoms with Gasteiger partial charge in [-0.1, -0.05) is 6.07 Å². The zero-order valence-corrected chi connectivity index (χ0v) is 16.4. The van der Waals surface area contributed by atoms with Crippen molar-refractivity contribution in [2.24, 2.45) is 11.8 Å². The number of nitrogens with zero attached hydrogens (tertiary/aromatic N) is 2. The second kappa shape index (κ2) is 8.31. The Morgan fingerprint density at radius 2 is 2.00 bits per heavy atom. The summed E-state index contributed by atoms with van der Waals surface area (Å²) >= 11 is 0. The first-order chi connectivity index (χ1) is 13.6. The molecule has 2 fully saturated rings. The van der Waals surface area contributed by atoms with Crippen molar-refractivity contribution in [3.63, 3.8) is 0 Å². The van der Waals surface area contributed by atoms with Crippen LogP contribution in [0.4, 0.5) is 5.69 Å². The van der Waals surface area contributed by atoms with Gasteiger partial charge in [-0.3, -0.25) is 9.59 Å². The molecule has 0 atom stereocenters. The number of aromatic nitrogens is 2. The Labute approximate surface area is 164 Å². The minimum absolute atomic E-state index is 0.106. The number of morpholine rings is 1. The Bertz CT molecular complexity index is 896. The van der Waals surface area contributed by atoms with Crippen LogP contribution in [0.2, 0.25) is 0 Å². The van der Waals surface area contributed by atoms with E-state index in [0.29, 0.717) is 41.8 Å². The minimum Gasteiger partial charge on any atom is -0.384 e. The van der Waals surface area contributed by atoms with Crippen molar-refractivity contribution in [2.75, 3.05) is 38.2 Å². The molecule has 0 radical (unpaired) electrons. The third-order valence-electron chi connectivity index (χ3n) is 5.95. The van der Waals surface area contributed by atoms with Gasteiger partial charge < -0.3 is 19.9 Å². The molecule has 0 bridgehead atoms. The topological polar surface area (TPSA) is 87.3 Å². The van der Waals surface area contributed by atoms with Crippen LogP contribution in [0.5, 0.6) is 0 Å². The van der Waals surface area contributed by atoms with Crippen LogP contribution in [0.1, 0.15) is 31.5 Å². The SMILES string of the molecule is Cc1nc2cccc(NCC3CCC(C(=O)N4CCOCC4)CC3)c2c(=O)[nH]1. The largest absolute Gasteiger partial charge is 0.384 e. The van der Waals surface area contributed by atoms with Crippen molar-refractivity contribution in [3.05, 3.63) is 34.4 Å². The molecule has 4 rings (SSSR count). The molecule has 0 unspecified atom stereocenters. The zero-order chi connectivity index (χ0) is 19.5. The van der Waals surface area contributed by atoms with Gasteiger partial charge in [-0.15, -0.1) is 0 Å². The van der Waals surface area contributed by atoms with Crippen LogP contribution in [0.15, 0.2) is 23.0 Å². The average Bonchev–Trinajstić information content (AvgIpc) is 2.72. The average molecular weight is 384 g/mol. The van der Waals surface area contributed by atoms with Gasteiger partial charge in [-0.25, -0.2) is 4.98 Å². The predicted molar refractivity (Wildman–Crippen MR) is 108 cm³/mol. The Morgan fingerprint density at radius 1 is 1.25 bits per heavy atom. The van der Waals surface area contributed by atoms with Crippen molar-refractivity contribution >= 4 is 22.5 Å². The van der Waals surface area contributed by atoms with Crippen molar-refractivity contribution in [1.82, 2.24) is 14.9 Å². The molecule has 1 amide bonds. The van der Waals surface area contributed by atoms with Crippen LogP contribution >= 0.6 is 0 Å². The van der Waals surface area contributed by atoms with Crippen molar-refractivity contribution in [3.8, 4) is 0 Å². The maximum atomic E-state index is 12.7. The van der Waals surface area contributed by atoms with E-state index in [2.05, 4.69) is 15.3 Å². The van der Waals surface area contributed by atoms with E-state index in [-0.39, 0.29) is 11.5 Å². The fourth-order valence-electron chi connectivity index (χ4n) is 4.36. The molecular formula is C21H28N4O3. The highest BCUT2D eigenvalue weighted by molar-refractivity contribution is 5.90. The maximum Gasteiger partial charge on any atom is 0.260 e. The van der Waals surface area contributed by atoms with Gasteiger partial charge in [0.15, 0.2) is 0 Å². The van der Waals surface area contributed by atoms with Crippen LogP contribution in [0.25, 0.3) is 10.9 Å². The lowest BCUT2D eigenvalue weighted by molar-refractivity contribution is -0.140. The smallest absolute Gasteiger partial charge is 0.260 e. The van der Waals surface area contributed by atoms with E-state index in [1.54, 1.807) is 6.92 Å². The number of carbonyl (C=O) groups excluding carboxylic acids is 1. The molecule has 7 heteroatoms. The van der Waals surface area contributed by atoms with Gasteiger partial charge in [-0.2, -0.15) is 0 Å². The van der Waals surface area contributed by atoms with Gasteiger partial charge in [0.2, 0.25) is 5.91 Å². The molecule has 2 aliphatic rings. The third-order valence-corrected chi connectivity index (χ3v) is 5.95. The summed E-state index contributed by atoms with van der Waals surface area (Å²) in [6.07, 6.45) is 3.96. The van der Waals surface area contributed by atoms with E-state index in [4.69, 9.17) is 4.74 Å². The normalized spacial score (nSPS) is 23.0. The molecule has 1 saturated carbocycles. The number of hydrogen-bond donors (Lipinski definition) is 2. The van der Waals surface area contributed by atoms with Crippen LogP contribution in [-0.4, -0.2) is 53.6 Å². The first kappa shape index (κ1) is 18.9. The molecule has 2 N–H and O–H groups in total. The molecule has 2 heterocycles. The van der Waals surface area contributed by atoms with Gasteiger partial charge in [-0.05, 0) is 50.7 Å². The Morgan fingerprint density at radius 3 is 2.75 bits per heavy atom. The summed E-state index contributed by atoms with van der Waals surface area (Å²) in [4.78, 5) is 34.2. The van der Waals surface area contributed by atoms with Gasteiger partial charge in [0, 0.05) is 31.2 Å². The van der Waals surface area contributed by atoms with Crippen LogP contribution < -0.4 is 10.9 Å². The molecule has 1 aromatic carbocycles. The highest BCUT2D eigenvalue weighted by atomic mass is 16.5. The number of ether oxygens (including phenoxy) is 1. The number of rotatable bonds is 4. The molecular weight excluding hydrogens is 356 g/mol. The zero-order valence-electron chi connectivity index (χ0n) is 16.4. The summed E-state index contributed by atoms with van der Waals surface area (Å²) in [5, 5.41) is 4.07. The summed E-state index contributed by atoms with van der Waals surface area (Å²) < 4.78 is 5.34. The van der Waals surface area contributed by atoms with Crippen molar-refractivity contribution in [1.29, 1.82) is 0 Å². The van der Waals surface area contributed by atoms with Crippen LogP contribution in [-0.2, 0) is 9.53 Å². The summed E-state index contributed by atoms with van der Waals surface area (Å²) in [5.41, 5.74) is 1.44. The van der Waals surface area contributed by atoms with E-state index >= 15 is 0 Å². The summed E-state index contributed by atoms with van der Waals surface area (Å²) in [5.74, 6) is 1.60. The maximum absolute atomic E-state index is 12.7. The molecule has 1 aliphatic carbocycles. The minimum atomic E-state index is -0.106. The highest BCUT2D eigenvalue weighted by Crippen LogP contribution is 2.31. The number of anilines is 1.